The molecule has 0 aliphatic rings. The van der Waals surface area contributed by atoms with E-state index in [9.17, 15) is 13.2 Å². The van der Waals surface area contributed by atoms with Crippen LogP contribution in [0.5, 0.6) is 0 Å². The van der Waals surface area contributed by atoms with Gasteiger partial charge in [-0.15, -0.1) is 0 Å². The predicted molar refractivity (Wildman–Crippen MR) is 123 cm³/mol. The molecule has 3 aromatic rings. The normalized spacial score (nSPS) is 12.2. The van der Waals surface area contributed by atoms with E-state index in [0.717, 1.165) is 26.6 Å². The minimum Gasteiger partial charge on any atom is -0.344 e. The number of nitriles is 1. The average molecular weight is 448 g/mol. The molecule has 0 heterocycles. The summed E-state index contributed by atoms with van der Waals surface area (Å²) in [7, 11) is -2.51. The zero-order chi connectivity index (χ0) is 23.3. The van der Waals surface area contributed by atoms with Crippen LogP contribution in [0.25, 0.3) is 0 Å². The summed E-state index contributed by atoms with van der Waals surface area (Å²) in [5, 5.41) is 11.9. The highest BCUT2D eigenvalue weighted by Crippen LogP contribution is 2.24. The zero-order valence-corrected chi connectivity index (χ0v) is 19.1. The van der Waals surface area contributed by atoms with Gasteiger partial charge in [0.05, 0.1) is 29.1 Å². The first-order valence-electron chi connectivity index (χ1n) is 10.1. The molecule has 1 unspecified atom stereocenters. The number of likely N-dealkylation sites (N-methyl/N-ethyl adjacent to an activating group) is 1. The highest BCUT2D eigenvalue weighted by molar-refractivity contribution is 7.89. The standard InChI is InChI=1S/C25H25N3O3S/c1-18-9-12-22(15-19(18)2)25(21-7-5-4-6-8-21)27-24(29)17-28(3)32(30,31)23-13-10-20(16-26)11-14-23/h4-15,25H,17H2,1-3H3,(H,27,29). The number of rotatable bonds is 7. The second-order valence-electron chi connectivity index (χ2n) is 7.65. The molecule has 0 saturated heterocycles. The van der Waals surface area contributed by atoms with E-state index in [1.54, 1.807) is 0 Å². The van der Waals surface area contributed by atoms with Gasteiger partial charge in [0.2, 0.25) is 15.9 Å². The van der Waals surface area contributed by atoms with E-state index in [2.05, 4.69) is 5.32 Å². The monoisotopic (exact) mass is 447 g/mol. The second-order valence-corrected chi connectivity index (χ2v) is 9.70. The van der Waals surface area contributed by atoms with Crippen LogP contribution in [0.1, 0.15) is 33.9 Å². The van der Waals surface area contributed by atoms with Gasteiger partial charge in [0.15, 0.2) is 0 Å². The van der Waals surface area contributed by atoms with Gasteiger partial charge >= 0.3 is 0 Å². The molecule has 3 aromatic carbocycles. The molecule has 0 fully saturated rings. The Labute approximate surface area is 189 Å². The number of hydrogen-bond acceptors (Lipinski definition) is 4. The third kappa shape index (κ3) is 5.22. The van der Waals surface area contributed by atoms with Crippen molar-refractivity contribution in [2.24, 2.45) is 0 Å². The lowest BCUT2D eigenvalue weighted by atomic mass is 9.95. The number of nitrogens with one attached hydrogen (secondary N) is 1. The first-order valence-corrected chi connectivity index (χ1v) is 11.5. The van der Waals surface area contributed by atoms with Crippen molar-refractivity contribution in [2.75, 3.05) is 13.6 Å². The Morgan fingerprint density at radius 3 is 2.22 bits per heavy atom. The van der Waals surface area contributed by atoms with Gasteiger partial charge in [-0.3, -0.25) is 4.79 Å². The van der Waals surface area contributed by atoms with Gasteiger partial charge in [-0.25, -0.2) is 8.42 Å². The van der Waals surface area contributed by atoms with E-state index in [-0.39, 0.29) is 11.4 Å². The Bertz CT molecular complexity index is 1250. The molecule has 164 valence electrons. The number of amides is 1. The van der Waals surface area contributed by atoms with Crippen LogP contribution in [-0.2, 0) is 14.8 Å². The summed E-state index contributed by atoms with van der Waals surface area (Å²) < 4.78 is 26.7. The predicted octanol–water partition coefficient (Wildman–Crippen LogP) is 3.70. The van der Waals surface area contributed by atoms with Crippen molar-refractivity contribution in [3.05, 3.63) is 101 Å². The Morgan fingerprint density at radius 1 is 0.969 bits per heavy atom. The van der Waals surface area contributed by atoms with Crippen molar-refractivity contribution < 1.29 is 13.2 Å². The number of carbonyl (C=O) groups excluding carboxylic acids is 1. The lowest BCUT2D eigenvalue weighted by Gasteiger charge is -2.23. The van der Waals surface area contributed by atoms with Crippen molar-refractivity contribution in [1.82, 2.24) is 9.62 Å². The van der Waals surface area contributed by atoms with Crippen LogP contribution in [0, 0.1) is 25.2 Å². The molecule has 6 nitrogen and oxygen atoms in total. The molecular formula is C25H25N3O3S. The SMILES string of the molecule is Cc1ccc(C(NC(=O)CN(C)S(=O)(=O)c2ccc(C#N)cc2)c2ccccc2)cc1C. The van der Waals surface area contributed by atoms with Crippen molar-refractivity contribution in [2.45, 2.75) is 24.8 Å². The number of hydrogen-bond donors (Lipinski definition) is 1. The Kier molecular flexibility index (Phi) is 7.08. The average Bonchev–Trinajstić information content (AvgIpc) is 2.80. The summed E-state index contributed by atoms with van der Waals surface area (Å²) in [4.78, 5) is 12.9. The number of benzene rings is 3. The number of aryl methyl sites for hydroxylation is 2. The molecule has 0 spiro atoms. The summed E-state index contributed by atoms with van der Waals surface area (Å²) in [5.41, 5.74) is 4.45. The zero-order valence-electron chi connectivity index (χ0n) is 18.2. The van der Waals surface area contributed by atoms with Gasteiger partial charge in [0.25, 0.3) is 0 Å². The van der Waals surface area contributed by atoms with Crippen molar-refractivity contribution in [3.63, 3.8) is 0 Å². The molecule has 1 atom stereocenters. The smallest absolute Gasteiger partial charge is 0.243 e. The molecule has 32 heavy (non-hydrogen) atoms. The minimum atomic E-state index is -3.87. The fraction of sp³-hybridized carbons (Fsp3) is 0.200. The summed E-state index contributed by atoms with van der Waals surface area (Å²) in [6, 6.07) is 22.7. The van der Waals surface area contributed by atoms with Crippen LogP contribution in [0.3, 0.4) is 0 Å². The van der Waals surface area contributed by atoms with Crippen LogP contribution in [0.4, 0.5) is 0 Å². The van der Waals surface area contributed by atoms with Gasteiger partial charge in [-0.1, -0.05) is 48.5 Å². The number of sulfonamides is 1. The van der Waals surface area contributed by atoms with E-state index in [1.807, 2.05) is 68.4 Å². The number of nitrogens with zero attached hydrogens (tertiary/aromatic N) is 2. The lowest BCUT2D eigenvalue weighted by Crippen LogP contribution is -2.40. The van der Waals surface area contributed by atoms with Crippen LogP contribution < -0.4 is 5.32 Å². The van der Waals surface area contributed by atoms with Gasteiger partial charge in [-0.2, -0.15) is 9.57 Å². The molecule has 7 heteroatoms. The molecular weight excluding hydrogens is 422 g/mol. The van der Waals surface area contributed by atoms with E-state index in [0.29, 0.717) is 5.56 Å². The van der Waals surface area contributed by atoms with Gasteiger partial charge in [-0.05, 0) is 60.4 Å². The van der Waals surface area contributed by atoms with Crippen LogP contribution >= 0.6 is 0 Å². The van der Waals surface area contributed by atoms with Crippen LogP contribution in [0.15, 0.2) is 77.7 Å². The highest BCUT2D eigenvalue weighted by Gasteiger charge is 2.25. The van der Waals surface area contributed by atoms with Gasteiger partial charge < -0.3 is 5.32 Å². The summed E-state index contributed by atoms with van der Waals surface area (Å²) in [6.45, 7) is 3.70. The third-order valence-electron chi connectivity index (χ3n) is 5.36. The maximum atomic E-state index is 12.9. The quantitative estimate of drug-likeness (QED) is 0.598. The molecule has 0 saturated carbocycles. The molecule has 0 aliphatic carbocycles. The Morgan fingerprint density at radius 2 is 1.62 bits per heavy atom. The molecule has 0 aliphatic heterocycles. The largest absolute Gasteiger partial charge is 0.344 e. The van der Waals surface area contributed by atoms with Crippen molar-refractivity contribution in [3.8, 4) is 6.07 Å². The second kappa shape index (κ2) is 9.77. The first-order chi connectivity index (χ1) is 15.2. The lowest BCUT2D eigenvalue weighted by molar-refractivity contribution is -0.121. The van der Waals surface area contributed by atoms with Gasteiger partial charge in [0, 0.05) is 7.05 Å². The highest BCUT2D eigenvalue weighted by atomic mass is 32.2. The van der Waals surface area contributed by atoms with Crippen LogP contribution in [-0.4, -0.2) is 32.2 Å². The minimum absolute atomic E-state index is 0.0283. The van der Waals surface area contributed by atoms with Crippen LogP contribution in [0.2, 0.25) is 0 Å². The summed E-state index contributed by atoms with van der Waals surface area (Å²) >= 11 is 0. The van der Waals surface area contributed by atoms with Crippen molar-refractivity contribution in [1.29, 1.82) is 5.26 Å². The summed E-state index contributed by atoms with van der Waals surface area (Å²) in [6.07, 6.45) is 0. The van der Waals surface area contributed by atoms with E-state index in [4.69, 9.17) is 5.26 Å². The molecule has 1 N–H and O–H groups in total. The summed E-state index contributed by atoms with van der Waals surface area (Å²) in [5.74, 6) is -0.420. The molecule has 0 aromatic heterocycles. The van der Waals surface area contributed by atoms with E-state index >= 15 is 0 Å². The third-order valence-corrected chi connectivity index (χ3v) is 7.18. The van der Waals surface area contributed by atoms with Crippen molar-refractivity contribution >= 4 is 15.9 Å². The van der Waals surface area contributed by atoms with Gasteiger partial charge in [0.1, 0.15) is 0 Å². The van der Waals surface area contributed by atoms with E-state index in [1.165, 1.54) is 31.3 Å². The number of carbonyl (C=O) groups is 1. The molecule has 3 rings (SSSR count). The fourth-order valence-electron chi connectivity index (χ4n) is 3.32. The van der Waals surface area contributed by atoms with E-state index < -0.39 is 22.0 Å². The fourth-order valence-corrected chi connectivity index (χ4v) is 4.45. The first kappa shape index (κ1) is 23.2. The topological polar surface area (TPSA) is 90.3 Å². The molecule has 1 amide bonds. The Hall–Kier alpha value is -3.47. The Balaban J connectivity index is 1.81. The maximum absolute atomic E-state index is 12.9. The molecule has 0 radical (unpaired) electrons. The maximum Gasteiger partial charge on any atom is 0.243 e. The molecule has 0 bridgehead atoms.